The van der Waals surface area contributed by atoms with Crippen LogP contribution in [0.3, 0.4) is 0 Å². The van der Waals surface area contributed by atoms with Crippen molar-refractivity contribution in [2.24, 2.45) is 11.3 Å². The maximum Gasteiger partial charge on any atom is 0.230 e. The van der Waals surface area contributed by atoms with Crippen molar-refractivity contribution in [3.8, 4) is 6.07 Å². The lowest BCUT2D eigenvalue weighted by atomic mass is 9.74. The molecular weight excluding hydrogens is 262 g/mol. The van der Waals surface area contributed by atoms with Gasteiger partial charge in [-0.15, -0.1) is 0 Å². The van der Waals surface area contributed by atoms with Gasteiger partial charge in [0.25, 0.3) is 0 Å². The Bertz CT molecular complexity index is 566. The van der Waals surface area contributed by atoms with E-state index < -0.39 is 5.41 Å². The van der Waals surface area contributed by atoms with Crippen LogP contribution in [0.2, 0.25) is 0 Å². The van der Waals surface area contributed by atoms with Crippen LogP contribution in [0.15, 0.2) is 18.2 Å². The SMILES string of the molecule is Cc1cccc(NC(=O)C(C)(C)C2CCCNC2)c1C#N. The van der Waals surface area contributed by atoms with Gasteiger partial charge in [0.1, 0.15) is 6.07 Å². The Morgan fingerprint density at radius 2 is 2.24 bits per heavy atom. The Balaban J connectivity index is 2.17. The van der Waals surface area contributed by atoms with E-state index in [0.29, 0.717) is 17.2 Å². The fraction of sp³-hybridized carbons (Fsp3) is 0.529. The summed E-state index contributed by atoms with van der Waals surface area (Å²) in [6, 6.07) is 7.70. The van der Waals surface area contributed by atoms with Gasteiger partial charge in [0.15, 0.2) is 0 Å². The lowest BCUT2D eigenvalue weighted by molar-refractivity contribution is -0.127. The van der Waals surface area contributed by atoms with Crippen molar-refractivity contribution >= 4 is 11.6 Å². The van der Waals surface area contributed by atoms with Gasteiger partial charge >= 0.3 is 0 Å². The van der Waals surface area contributed by atoms with Crippen LogP contribution in [-0.4, -0.2) is 19.0 Å². The number of nitrogens with zero attached hydrogens (tertiary/aromatic N) is 1. The molecule has 1 aliphatic rings. The average molecular weight is 285 g/mol. The molecule has 112 valence electrons. The summed E-state index contributed by atoms with van der Waals surface area (Å²) in [5, 5.41) is 15.6. The monoisotopic (exact) mass is 285 g/mol. The van der Waals surface area contributed by atoms with E-state index in [9.17, 15) is 10.1 Å². The number of rotatable bonds is 3. The van der Waals surface area contributed by atoms with Gasteiger partial charge in [0.2, 0.25) is 5.91 Å². The maximum absolute atomic E-state index is 12.7. The molecule has 1 heterocycles. The molecule has 2 N–H and O–H groups in total. The number of nitriles is 1. The number of hydrogen-bond donors (Lipinski definition) is 2. The normalized spacial score (nSPS) is 18.9. The highest BCUT2D eigenvalue weighted by Gasteiger charge is 2.37. The third-order valence-electron chi connectivity index (χ3n) is 4.54. The van der Waals surface area contributed by atoms with E-state index in [4.69, 9.17) is 0 Å². The van der Waals surface area contributed by atoms with Crippen molar-refractivity contribution in [2.75, 3.05) is 18.4 Å². The summed E-state index contributed by atoms with van der Waals surface area (Å²) in [7, 11) is 0. The fourth-order valence-corrected chi connectivity index (χ4v) is 2.86. The number of carbonyl (C=O) groups excluding carboxylic acids is 1. The van der Waals surface area contributed by atoms with Crippen LogP contribution in [0.25, 0.3) is 0 Å². The lowest BCUT2D eigenvalue weighted by Gasteiger charge is -2.36. The summed E-state index contributed by atoms with van der Waals surface area (Å²) >= 11 is 0. The second-order valence-corrected chi connectivity index (χ2v) is 6.33. The van der Waals surface area contributed by atoms with Crippen molar-refractivity contribution in [1.29, 1.82) is 5.26 Å². The first-order valence-corrected chi connectivity index (χ1v) is 7.48. The smallest absolute Gasteiger partial charge is 0.230 e. The zero-order valence-electron chi connectivity index (χ0n) is 13.0. The van der Waals surface area contributed by atoms with Gasteiger partial charge in [0, 0.05) is 5.41 Å². The summed E-state index contributed by atoms with van der Waals surface area (Å²) in [5.74, 6) is 0.305. The van der Waals surface area contributed by atoms with Crippen LogP contribution in [0.5, 0.6) is 0 Å². The molecule has 1 unspecified atom stereocenters. The highest BCUT2D eigenvalue weighted by molar-refractivity contribution is 5.96. The largest absolute Gasteiger partial charge is 0.324 e. The van der Waals surface area contributed by atoms with E-state index in [1.807, 2.05) is 32.9 Å². The molecule has 1 aromatic rings. The van der Waals surface area contributed by atoms with Gasteiger partial charge in [0.05, 0.1) is 11.3 Å². The summed E-state index contributed by atoms with van der Waals surface area (Å²) < 4.78 is 0. The Hall–Kier alpha value is -1.86. The first-order valence-electron chi connectivity index (χ1n) is 7.48. The van der Waals surface area contributed by atoms with Crippen LogP contribution in [0, 0.1) is 29.6 Å². The number of carbonyl (C=O) groups is 1. The average Bonchev–Trinajstić information content (AvgIpc) is 2.48. The lowest BCUT2D eigenvalue weighted by Crippen LogP contribution is -2.44. The van der Waals surface area contributed by atoms with Crippen LogP contribution in [-0.2, 0) is 4.79 Å². The number of aryl methyl sites for hydroxylation is 1. The highest BCUT2D eigenvalue weighted by atomic mass is 16.2. The van der Waals surface area contributed by atoms with E-state index in [1.54, 1.807) is 6.07 Å². The van der Waals surface area contributed by atoms with Crippen LogP contribution in [0.1, 0.15) is 37.8 Å². The second-order valence-electron chi connectivity index (χ2n) is 6.33. The quantitative estimate of drug-likeness (QED) is 0.897. The Kier molecular flexibility index (Phi) is 4.64. The molecule has 2 rings (SSSR count). The van der Waals surface area contributed by atoms with Crippen molar-refractivity contribution in [3.63, 3.8) is 0 Å². The van der Waals surface area contributed by atoms with Crippen LogP contribution < -0.4 is 10.6 Å². The maximum atomic E-state index is 12.7. The Labute approximate surface area is 126 Å². The molecule has 0 bridgehead atoms. The number of nitrogens with one attached hydrogen (secondary N) is 2. The number of piperidine rings is 1. The van der Waals surface area contributed by atoms with Crippen molar-refractivity contribution < 1.29 is 4.79 Å². The molecule has 0 saturated carbocycles. The molecule has 0 spiro atoms. The standard InChI is InChI=1S/C17H23N3O/c1-12-6-4-8-15(14(12)10-18)20-16(21)17(2,3)13-7-5-9-19-11-13/h4,6,8,13,19H,5,7,9,11H2,1-3H3,(H,20,21). The molecule has 0 aromatic heterocycles. The third-order valence-corrected chi connectivity index (χ3v) is 4.54. The van der Waals surface area contributed by atoms with E-state index in [2.05, 4.69) is 16.7 Å². The van der Waals surface area contributed by atoms with Gasteiger partial charge in [-0.05, 0) is 50.4 Å². The van der Waals surface area contributed by atoms with Crippen molar-refractivity contribution in [3.05, 3.63) is 29.3 Å². The molecule has 1 atom stereocenters. The summed E-state index contributed by atoms with van der Waals surface area (Å²) in [6.45, 7) is 7.76. The van der Waals surface area contributed by atoms with E-state index in [1.165, 1.54) is 0 Å². The third kappa shape index (κ3) is 3.25. The van der Waals surface area contributed by atoms with E-state index in [-0.39, 0.29) is 5.91 Å². The predicted molar refractivity (Wildman–Crippen MR) is 83.9 cm³/mol. The topological polar surface area (TPSA) is 64.9 Å². The summed E-state index contributed by atoms with van der Waals surface area (Å²) in [5.41, 5.74) is 1.58. The molecule has 4 nitrogen and oxygen atoms in total. The molecule has 0 radical (unpaired) electrons. The minimum Gasteiger partial charge on any atom is -0.324 e. The molecule has 21 heavy (non-hydrogen) atoms. The van der Waals surface area contributed by atoms with Gasteiger partial charge < -0.3 is 10.6 Å². The van der Waals surface area contributed by atoms with Gasteiger partial charge in [-0.2, -0.15) is 5.26 Å². The number of benzene rings is 1. The van der Waals surface area contributed by atoms with Crippen molar-refractivity contribution in [2.45, 2.75) is 33.6 Å². The van der Waals surface area contributed by atoms with Gasteiger partial charge in [-0.25, -0.2) is 0 Å². The molecule has 1 aromatic carbocycles. The molecule has 0 aliphatic carbocycles. The fourth-order valence-electron chi connectivity index (χ4n) is 2.86. The molecular formula is C17H23N3O. The minimum absolute atomic E-state index is 0.0155. The highest BCUT2D eigenvalue weighted by Crippen LogP contribution is 2.33. The van der Waals surface area contributed by atoms with Gasteiger partial charge in [-0.1, -0.05) is 26.0 Å². The number of amides is 1. The van der Waals surface area contributed by atoms with Crippen LogP contribution in [0.4, 0.5) is 5.69 Å². The zero-order chi connectivity index (χ0) is 15.5. The molecule has 1 fully saturated rings. The molecule has 1 amide bonds. The first kappa shape index (κ1) is 15.5. The Morgan fingerprint density at radius 1 is 1.48 bits per heavy atom. The second kappa shape index (κ2) is 6.28. The molecule has 1 saturated heterocycles. The van der Waals surface area contributed by atoms with E-state index in [0.717, 1.165) is 31.5 Å². The van der Waals surface area contributed by atoms with Crippen LogP contribution >= 0.6 is 0 Å². The molecule has 4 heteroatoms. The summed E-state index contributed by atoms with van der Waals surface area (Å²) in [4.78, 5) is 12.7. The molecule has 1 aliphatic heterocycles. The minimum atomic E-state index is -0.454. The van der Waals surface area contributed by atoms with Gasteiger partial charge in [-0.3, -0.25) is 4.79 Å². The first-order chi connectivity index (χ1) is 9.96. The number of anilines is 1. The predicted octanol–water partition coefficient (Wildman–Crippen LogP) is 2.83. The Morgan fingerprint density at radius 3 is 2.86 bits per heavy atom. The van der Waals surface area contributed by atoms with E-state index >= 15 is 0 Å². The van der Waals surface area contributed by atoms with Crippen molar-refractivity contribution in [1.82, 2.24) is 5.32 Å². The summed E-state index contributed by atoms with van der Waals surface area (Å²) in [6.07, 6.45) is 2.17. The zero-order valence-corrected chi connectivity index (χ0v) is 13.0. The number of hydrogen-bond acceptors (Lipinski definition) is 3.